The van der Waals surface area contributed by atoms with E-state index in [9.17, 15) is 13.2 Å². The third kappa shape index (κ3) is 6.34. The van der Waals surface area contributed by atoms with E-state index in [1.165, 1.54) is 18.2 Å². The van der Waals surface area contributed by atoms with Crippen molar-refractivity contribution < 1.29 is 17.9 Å². The number of carbonyl (C=O) groups is 1. The van der Waals surface area contributed by atoms with Crippen LogP contribution in [0.2, 0.25) is 0 Å². The second kappa shape index (κ2) is 8.12. The lowest BCUT2D eigenvalue weighted by atomic mass is 10.2. The molecule has 21 heavy (non-hydrogen) atoms. The Morgan fingerprint density at radius 3 is 2.67 bits per heavy atom. The van der Waals surface area contributed by atoms with Crippen molar-refractivity contribution in [3.63, 3.8) is 0 Å². The lowest BCUT2D eigenvalue weighted by molar-refractivity contribution is 0.0886. The fourth-order valence-corrected chi connectivity index (χ4v) is 3.61. The minimum atomic E-state index is -3.91. The fraction of sp³-hybridized carbons (Fsp3) is 0.462. The molecule has 0 radical (unpaired) electrons. The van der Waals surface area contributed by atoms with Gasteiger partial charge in [0.15, 0.2) is 0 Å². The lowest BCUT2D eigenvalue weighted by Gasteiger charge is -2.09. The Balaban J connectivity index is 2.63. The zero-order valence-electron chi connectivity index (χ0n) is 11.7. The van der Waals surface area contributed by atoms with Gasteiger partial charge in [0.25, 0.3) is 15.0 Å². The molecule has 0 saturated carbocycles. The zero-order valence-corrected chi connectivity index (χ0v) is 14.9. The smallest absolute Gasteiger partial charge is 0.262 e. The van der Waals surface area contributed by atoms with Crippen LogP contribution in [0.1, 0.15) is 24.2 Å². The summed E-state index contributed by atoms with van der Waals surface area (Å²) in [5.74, 6) is 0.0564. The minimum Gasteiger partial charge on any atom is -0.379 e. The van der Waals surface area contributed by atoms with Crippen LogP contribution in [-0.2, 0) is 13.8 Å². The number of amides is 1. The summed E-state index contributed by atoms with van der Waals surface area (Å²) in [4.78, 5) is 11.8. The van der Waals surface area contributed by atoms with Gasteiger partial charge in [0.05, 0.1) is 11.5 Å². The number of benzene rings is 1. The standard InChI is InChI=1S/C13H17BrClNO4S/c1-9(2)8-20-6-5-16-13(17)10-3-4-11(14)12(7-10)21(15,18)19/h3-4,7,9H,5-6,8H2,1-2H3,(H,16,17). The highest BCUT2D eigenvalue weighted by Crippen LogP contribution is 2.26. The third-order valence-corrected chi connectivity index (χ3v) is 4.76. The number of hydrogen-bond acceptors (Lipinski definition) is 4. The zero-order chi connectivity index (χ0) is 16.0. The van der Waals surface area contributed by atoms with Gasteiger partial charge >= 0.3 is 0 Å². The molecule has 1 aromatic rings. The van der Waals surface area contributed by atoms with Crippen molar-refractivity contribution in [2.75, 3.05) is 19.8 Å². The van der Waals surface area contributed by atoms with E-state index in [0.29, 0.717) is 30.1 Å². The van der Waals surface area contributed by atoms with Gasteiger partial charge < -0.3 is 10.1 Å². The molecule has 0 aromatic heterocycles. The third-order valence-electron chi connectivity index (χ3n) is 2.44. The number of nitrogens with one attached hydrogen (secondary N) is 1. The molecule has 0 aliphatic carbocycles. The molecule has 1 aromatic carbocycles. The quantitative estimate of drug-likeness (QED) is 0.566. The average molecular weight is 399 g/mol. The molecular weight excluding hydrogens is 382 g/mol. The van der Waals surface area contributed by atoms with Gasteiger partial charge in [-0.05, 0) is 40.0 Å². The van der Waals surface area contributed by atoms with Crippen LogP contribution >= 0.6 is 26.6 Å². The predicted molar refractivity (Wildman–Crippen MR) is 85.2 cm³/mol. The summed E-state index contributed by atoms with van der Waals surface area (Å²) in [6.45, 7) is 5.46. The Labute approximate surface area is 137 Å². The van der Waals surface area contributed by atoms with E-state index >= 15 is 0 Å². The summed E-state index contributed by atoms with van der Waals surface area (Å²) in [5, 5.41) is 2.65. The molecule has 0 atom stereocenters. The van der Waals surface area contributed by atoms with Crippen LogP contribution in [0.15, 0.2) is 27.6 Å². The summed E-state index contributed by atoms with van der Waals surface area (Å²) in [6, 6.07) is 4.22. The molecule has 0 unspecified atom stereocenters. The first-order valence-electron chi connectivity index (χ1n) is 6.32. The Morgan fingerprint density at radius 1 is 1.43 bits per heavy atom. The van der Waals surface area contributed by atoms with Crippen LogP contribution in [0.25, 0.3) is 0 Å². The van der Waals surface area contributed by atoms with E-state index in [1.807, 2.05) is 13.8 Å². The topological polar surface area (TPSA) is 72.5 Å². The molecule has 0 aliphatic rings. The molecule has 0 saturated heterocycles. The first kappa shape index (κ1) is 18.4. The Morgan fingerprint density at radius 2 is 2.10 bits per heavy atom. The van der Waals surface area contributed by atoms with Crippen LogP contribution in [0.5, 0.6) is 0 Å². The maximum Gasteiger partial charge on any atom is 0.262 e. The van der Waals surface area contributed by atoms with Crippen LogP contribution < -0.4 is 5.32 Å². The highest BCUT2D eigenvalue weighted by Gasteiger charge is 2.17. The second-order valence-corrected chi connectivity index (χ2v) is 8.20. The van der Waals surface area contributed by atoms with Crippen molar-refractivity contribution in [3.8, 4) is 0 Å². The largest absolute Gasteiger partial charge is 0.379 e. The Bertz CT molecular complexity index is 604. The van der Waals surface area contributed by atoms with Crippen molar-refractivity contribution in [3.05, 3.63) is 28.2 Å². The van der Waals surface area contributed by atoms with Crippen LogP contribution in [0.4, 0.5) is 0 Å². The second-order valence-electron chi connectivity index (χ2n) is 4.81. The fourth-order valence-electron chi connectivity index (χ4n) is 1.49. The molecule has 0 spiro atoms. The summed E-state index contributed by atoms with van der Waals surface area (Å²) < 4.78 is 28.4. The molecule has 8 heteroatoms. The molecule has 118 valence electrons. The van der Waals surface area contributed by atoms with Gasteiger partial charge in [-0.25, -0.2) is 8.42 Å². The van der Waals surface area contributed by atoms with Crippen LogP contribution in [-0.4, -0.2) is 34.1 Å². The molecule has 1 rings (SSSR count). The van der Waals surface area contributed by atoms with Crippen LogP contribution in [0, 0.1) is 5.92 Å². The maximum atomic E-state index is 11.9. The molecule has 5 nitrogen and oxygen atoms in total. The number of hydrogen-bond donors (Lipinski definition) is 1. The van der Waals surface area contributed by atoms with Gasteiger partial charge in [0.1, 0.15) is 0 Å². The van der Waals surface area contributed by atoms with Crippen LogP contribution in [0.3, 0.4) is 0 Å². The lowest BCUT2D eigenvalue weighted by Crippen LogP contribution is -2.27. The summed E-state index contributed by atoms with van der Waals surface area (Å²) in [6.07, 6.45) is 0. The monoisotopic (exact) mass is 397 g/mol. The molecular formula is C13H17BrClNO4S. The van der Waals surface area contributed by atoms with E-state index in [2.05, 4.69) is 21.2 Å². The van der Waals surface area contributed by atoms with Crippen molar-refractivity contribution in [2.45, 2.75) is 18.7 Å². The first-order valence-corrected chi connectivity index (χ1v) is 9.42. The van der Waals surface area contributed by atoms with Crippen molar-refractivity contribution >= 4 is 41.6 Å². The maximum absolute atomic E-state index is 11.9. The normalized spacial score (nSPS) is 11.7. The SMILES string of the molecule is CC(C)COCCNC(=O)c1ccc(Br)c(S(=O)(=O)Cl)c1. The van der Waals surface area contributed by atoms with Crippen molar-refractivity contribution in [2.24, 2.45) is 5.92 Å². The highest BCUT2D eigenvalue weighted by atomic mass is 79.9. The first-order chi connectivity index (χ1) is 9.71. The van der Waals surface area contributed by atoms with Gasteiger partial charge in [0, 0.05) is 33.9 Å². The van der Waals surface area contributed by atoms with E-state index in [1.54, 1.807) is 0 Å². The summed E-state index contributed by atoms with van der Waals surface area (Å²) in [7, 11) is 1.40. The number of rotatable bonds is 7. The summed E-state index contributed by atoms with van der Waals surface area (Å²) >= 11 is 3.09. The predicted octanol–water partition coefficient (Wildman–Crippen LogP) is 2.78. The van der Waals surface area contributed by atoms with Gasteiger partial charge in [-0.2, -0.15) is 0 Å². The molecule has 1 amide bonds. The Kier molecular flexibility index (Phi) is 7.12. The number of halogens is 2. The molecule has 0 aliphatic heterocycles. The molecule has 0 fully saturated rings. The van der Waals surface area contributed by atoms with E-state index in [0.717, 1.165) is 0 Å². The molecule has 0 bridgehead atoms. The van der Waals surface area contributed by atoms with E-state index < -0.39 is 9.05 Å². The van der Waals surface area contributed by atoms with E-state index in [4.69, 9.17) is 15.4 Å². The van der Waals surface area contributed by atoms with Crippen molar-refractivity contribution in [1.29, 1.82) is 0 Å². The number of carbonyl (C=O) groups excluding carboxylic acids is 1. The number of ether oxygens (including phenoxy) is 1. The van der Waals surface area contributed by atoms with Gasteiger partial charge in [0.2, 0.25) is 0 Å². The minimum absolute atomic E-state index is 0.132. The molecule has 0 heterocycles. The van der Waals surface area contributed by atoms with Gasteiger partial charge in [-0.15, -0.1) is 0 Å². The van der Waals surface area contributed by atoms with E-state index in [-0.39, 0.29) is 16.4 Å². The average Bonchev–Trinajstić information content (AvgIpc) is 2.36. The highest BCUT2D eigenvalue weighted by molar-refractivity contribution is 9.10. The molecule has 1 N–H and O–H groups in total. The Hall–Kier alpha value is -0.630. The van der Waals surface area contributed by atoms with Gasteiger partial charge in [-0.1, -0.05) is 13.8 Å². The van der Waals surface area contributed by atoms with Crippen molar-refractivity contribution in [1.82, 2.24) is 5.32 Å². The van der Waals surface area contributed by atoms with Gasteiger partial charge in [-0.3, -0.25) is 4.79 Å². The summed E-state index contributed by atoms with van der Waals surface area (Å²) in [5.41, 5.74) is 0.223.